The molecular formula is C14H18N4S. The molecule has 2 aromatic heterocycles. The van der Waals surface area contributed by atoms with E-state index in [2.05, 4.69) is 37.7 Å². The quantitative estimate of drug-likeness (QED) is 0.930. The summed E-state index contributed by atoms with van der Waals surface area (Å²) in [5.41, 5.74) is 8.21. The Morgan fingerprint density at radius 1 is 1.16 bits per heavy atom. The number of thiophene rings is 1. The molecule has 3 rings (SSSR count). The van der Waals surface area contributed by atoms with E-state index in [9.17, 15) is 0 Å². The lowest BCUT2D eigenvalue weighted by Crippen LogP contribution is -2.45. The van der Waals surface area contributed by atoms with Gasteiger partial charge in [-0.25, -0.2) is 4.98 Å². The summed E-state index contributed by atoms with van der Waals surface area (Å²) in [6, 6.07) is 6.13. The second kappa shape index (κ2) is 5.59. The Hall–Kier alpha value is -1.59. The number of rotatable bonds is 3. The number of nitrogens with two attached hydrogens (primary N) is 1. The number of hydrogen-bond acceptors (Lipinski definition) is 5. The van der Waals surface area contributed by atoms with Crippen LogP contribution in [0.1, 0.15) is 5.56 Å². The lowest BCUT2D eigenvalue weighted by atomic mass is 10.2. The second-order valence-corrected chi connectivity index (χ2v) is 5.62. The zero-order valence-electron chi connectivity index (χ0n) is 10.8. The Morgan fingerprint density at radius 2 is 2.00 bits per heavy atom. The number of hydrogen-bond donors (Lipinski definition) is 1. The van der Waals surface area contributed by atoms with Gasteiger partial charge in [0.2, 0.25) is 0 Å². The number of nitrogen functional groups attached to an aromatic ring is 1. The third kappa shape index (κ3) is 3.05. The number of piperazine rings is 1. The van der Waals surface area contributed by atoms with Crippen molar-refractivity contribution in [1.82, 2.24) is 9.88 Å². The minimum absolute atomic E-state index is 0.583. The highest BCUT2D eigenvalue weighted by molar-refractivity contribution is 7.07. The predicted octanol–water partition coefficient (Wildman–Crippen LogP) is 2.05. The first-order valence-electron chi connectivity index (χ1n) is 6.51. The minimum Gasteiger partial charge on any atom is -0.384 e. The van der Waals surface area contributed by atoms with Crippen LogP contribution in [0.3, 0.4) is 0 Å². The summed E-state index contributed by atoms with van der Waals surface area (Å²) < 4.78 is 0. The molecule has 0 spiro atoms. The predicted molar refractivity (Wildman–Crippen MR) is 80.5 cm³/mol. The van der Waals surface area contributed by atoms with Crippen LogP contribution in [-0.4, -0.2) is 36.1 Å². The van der Waals surface area contributed by atoms with Crippen LogP contribution in [0, 0.1) is 0 Å². The fourth-order valence-electron chi connectivity index (χ4n) is 2.39. The van der Waals surface area contributed by atoms with Gasteiger partial charge >= 0.3 is 0 Å². The van der Waals surface area contributed by atoms with Gasteiger partial charge in [-0.05, 0) is 34.5 Å². The fourth-order valence-corrected chi connectivity index (χ4v) is 3.05. The van der Waals surface area contributed by atoms with Crippen molar-refractivity contribution in [3.63, 3.8) is 0 Å². The molecule has 0 unspecified atom stereocenters. The molecule has 1 fully saturated rings. The first-order valence-corrected chi connectivity index (χ1v) is 7.45. The van der Waals surface area contributed by atoms with Crippen LogP contribution in [0.5, 0.6) is 0 Å². The Labute approximate surface area is 117 Å². The van der Waals surface area contributed by atoms with Crippen molar-refractivity contribution in [3.8, 4) is 0 Å². The summed E-state index contributed by atoms with van der Waals surface area (Å²) in [5, 5.41) is 4.38. The fraction of sp³-hybridized carbons (Fsp3) is 0.357. The molecule has 0 amide bonds. The highest BCUT2D eigenvalue weighted by Gasteiger charge is 2.17. The third-order valence-electron chi connectivity index (χ3n) is 3.49. The zero-order valence-corrected chi connectivity index (χ0v) is 11.6. The van der Waals surface area contributed by atoms with E-state index < -0.39 is 0 Å². The summed E-state index contributed by atoms with van der Waals surface area (Å²) in [7, 11) is 0. The van der Waals surface area contributed by atoms with Crippen molar-refractivity contribution < 1.29 is 0 Å². The molecule has 0 aliphatic carbocycles. The van der Waals surface area contributed by atoms with E-state index in [1.165, 1.54) is 11.3 Å². The third-order valence-corrected chi connectivity index (χ3v) is 4.23. The van der Waals surface area contributed by atoms with E-state index in [-0.39, 0.29) is 0 Å². The molecule has 100 valence electrons. The van der Waals surface area contributed by atoms with Gasteiger partial charge in [0.1, 0.15) is 5.82 Å². The van der Waals surface area contributed by atoms with Crippen LogP contribution in [0.25, 0.3) is 0 Å². The van der Waals surface area contributed by atoms with Crippen LogP contribution in [0.4, 0.5) is 11.5 Å². The molecule has 1 aliphatic heterocycles. The van der Waals surface area contributed by atoms with Crippen molar-refractivity contribution in [1.29, 1.82) is 0 Å². The summed E-state index contributed by atoms with van der Waals surface area (Å²) >= 11 is 1.77. The van der Waals surface area contributed by atoms with Crippen molar-refractivity contribution in [2.24, 2.45) is 0 Å². The highest BCUT2D eigenvalue weighted by Crippen LogP contribution is 2.17. The molecular weight excluding hydrogens is 256 g/mol. The number of pyridine rings is 1. The average molecular weight is 274 g/mol. The maximum Gasteiger partial charge on any atom is 0.123 e. The van der Waals surface area contributed by atoms with Gasteiger partial charge in [-0.3, -0.25) is 4.90 Å². The lowest BCUT2D eigenvalue weighted by Gasteiger charge is -2.35. The van der Waals surface area contributed by atoms with E-state index in [0.29, 0.717) is 5.82 Å². The zero-order chi connectivity index (χ0) is 13.1. The van der Waals surface area contributed by atoms with E-state index in [0.717, 1.165) is 32.7 Å². The van der Waals surface area contributed by atoms with Crippen LogP contribution >= 0.6 is 11.3 Å². The first-order chi connectivity index (χ1) is 9.31. The SMILES string of the molecule is Nc1ccc(N2CCN(Cc3ccsc3)CC2)cn1. The lowest BCUT2D eigenvalue weighted by molar-refractivity contribution is 0.250. The standard InChI is InChI=1S/C14H18N4S/c15-14-2-1-13(9-16-14)18-6-4-17(5-7-18)10-12-3-8-19-11-12/h1-3,8-9,11H,4-7,10H2,(H2,15,16). The molecule has 0 bridgehead atoms. The summed E-state index contributed by atoms with van der Waals surface area (Å²) in [6.45, 7) is 5.36. The molecule has 0 radical (unpaired) electrons. The monoisotopic (exact) mass is 274 g/mol. The molecule has 0 saturated carbocycles. The van der Waals surface area contributed by atoms with Crippen LogP contribution in [0.2, 0.25) is 0 Å². The second-order valence-electron chi connectivity index (χ2n) is 4.84. The van der Waals surface area contributed by atoms with E-state index in [1.807, 2.05) is 12.3 Å². The summed E-state index contributed by atoms with van der Waals surface area (Å²) in [6.07, 6.45) is 1.86. The van der Waals surface area contributed by atoms with E-state index in [4.69, 9.17) is 5.73 Å². The van der Waals surface area contributed by atoms with Crippen LogP contribution < -0.4 is 10.6 Å². The number of anilines is 2. The molecule has 19 heavy (non-hydrogen) atoms. The van der Waals surface area contributed by atoms with Crippen molar-refractivity contribution in [3.05, 3.63) is 40.7 Å². The Morgan fingerprint density at radius 3 is 2.63 bits per heavy atom. The van der Waals surface area contributed by atoms with E-state index in [1.54, 1.807) is 11.3 Å². The molecule has 2 aromatic rings. The topological polar surface area (TPSA) is 45.4 Å². The molecule has 3 heterocycles. The highest BCUT2D eigenvalue weighted by atomic mass is 32.1. The van der Waals surface area contributed by atoms with Gasteiger partial charge in [0.15, 0.2) is 0 Å². The van der Waals surface area contributed by atoms with Gasteiger partial charge in [-0.1, -0.05) is 0 Å². The molecule has 4 nitrogen and oxygen atoms in total. The Bertz CT molecular complexity index is 501. The van der Waals surface area contributed by atoms with Crippen LogP contribution in [-0.2, 0) is 6.54 Å². The number of nitrogens with zero attached hydrogens (tertiary/aromatic N) is 3. The molecule has 5 heteroatoms. The van der Waals surface area contributed by atoms with Crippen molar-refractivity contribution in [2.75, 3.05) is 36.8 Å². The molecule has 0 aromatic carbocycles. The smallest absolute Gasteiger partial charge is 0.123 e. The largest absolute Gasteiger partial charge is 0.384 e. The maximum atomic E-state index is 5.62. The van der Waals surface area contributed by atoms with Gasteiger partial charge in [-0.15, -0.1) is 0 Å². The normalized spacial score (nSPS) is 16.7. The number of aromatic nitrogens is 1. The molecule has 1 saturated heterocycles. The van der Waals surface area contributed by atoms with E-state index >= 15 is 0 Å². The van der Waals surface area contributed by atoms with Gasteiger partial charge in [0.05, 0.1) is 11.9 Å². The van der Waals surface area contributed by atoms with Gasteiger partial charge in [0, 0.05) is 32.7 Å². The van der Waals surface area contributed by atoms with Gasteiger partial charge in [-0.2, -0.15) is 11.3 Å². The summed E-state index contributed by atoms with van der Waals surface area (Å²) in [4.78, 5) is 9.03. The Kier molecular flexibility index (Phi) is 3.66. The van der Waals surface area contributed by atoms with Gasteiger partial charge in [0.25, 0.3) is 0 Å². The average Bonchev–Trinajstić information content (AvgIpc) is 2.94. The Balaban J connectivity index is 1.56. The summed E-state index contributed by atoms with van der Waals surface area (Å²) in [5.74, 6) is 0.583. The van der Waals surface area contributed by atoms with Gasteiger partial charge < -0.3 is 10.6 Å². The minimum atomic E-state index is 0.583. The maximum absolute atomic E-state index is 5.62. The molecule has 1 aliphatic rings. The molecule has 2 N–H and O–H groups in total. The first kappa shape index (κ1) is 12.4. The van der Waals surface area contributed by atoms with Crippen molar-refractivity contribution in [2.45, 2.75) is 6.54 Å². The molecule has 0 atom stereocenters. The van der Waals surface area contributed by atoms with Crippen LogP contribution in [0.15, 0.2) is 35.2 Å². The van der Waals surface area contributed by atoms with Crippen molar-refractivity contribution >= 4 is 22.8 Å².